The van der Waals surface area contributed by atoms with Crippen LogP contribution in [0.1, 0.15) is 27.6 Å². The van der Waals surface area contributed by atoms with Crippen molar-refractivity contribution in [1.29, 1.82) is 0 Å². The molecule has 2 atom stereocenters. The van der Waals surface area contributed by atoms with E-state index in [0.29, 0.717) is 43.3 Å². The van der Waals surface area contributed by atoms with E-state index in [0.717, 1.165) is 0 Å². The van der Waals surface area contributed by atoms with Crippen molar-refractivity contribution < 1.29 is 19.1 Å². The van der Waals surface area contributed by atoms with Crippen molar-refractivity contribution in [1.82, 2.24) is 14.7 Å². The Balaban J connectivity index is 1.56. The summed E-state index contributed by atoms with van der Waals surface area (Å²) in [4.78, 5) is 31.6. The van der Waals surface area contributed by atoms with Gasteiger partial charge < -0.3 is 14.9 Å². The summed E-state index contributed by atoms with van der Waals surface area (Å²) in [6.07, 6.45) is 0. The number of aliphatic hydroxyl groups excluding tert-OH is 1. The van der Waals surface area contributed by atoms with E-state index in [4.69, 9.17) is 11.6 Å². The topological polar surface area (TPSA) is 64.1 Å². The molecule has 1 N–H and O–H groups in total. The van der Waals surface area contributed by atoms with Crippen molar-refractivity contribution in [2.45, 2.75) is 18.5 Å². The molecule has 2 amide bonds. The van der Waals surface area contributed by atoms with Crippen molar-refractivity contribution in [3.05, 3.63) is 70.5 Å². The first-order valence-corrected chi connectivity index (χ1v) is 10.7. The average molecular weight is 446 g/mol. The first-order valence-electron chi connectivity index (χ1n) is 10.3. The molecule has 0 aliphatic carbocycles. The van der Waals surface area contributed by atoms with E-state index in [1.165, 1.54) is 12.1 Å². The van der Waals surface area contributed by atoms with Crippen LogP contribution < -0.4 is 0 Å². The van der Waals surface area contributed by atoms with E-state index in [9.17, 15) is 19.1 Å². The zero-order valence-corrected chi connectivity index (χ0v) is 18.1. The molecular weight excluding hydrogens is 421 g/mol. The monoisotopic (exact) mass is 445 g/mol. The average Bonchev–Trinajstić information content (AvgIpc) is 2.78. The third-order valence-electron chi connectivity index (χ3n) is 6.25. The molecule has 31 heavy (non-hydrogen) atoms. The van der Waals surface area contributed by atoms with Crippen molar-refractivity contribution in [2.24, 2.45) is 0 Å². The van der Waals surface area contributed by atoms with Gasteiger partial charge in [0.1, 0.15) is 5.82 Å². The van der Waals surface area contributed by atoms with Crippen molar-refractivity contribution >= 4 is 23.4 Å². The molecule has 2 aliphatic heterocycles. The van der Waals surface area contributed by atoms with Gasteiger partial charge >= 0.3 is 0 Å². The van der Waals surface area contributed by atoms with Crippen LogP contribution in [0.15, 0.2) is 48.5 Å². The van der Waals surface area contributed by atoms with Crippen LogP contribution in [0.4, 0.5) is 4.39 Å². The second-order valence-electron chi connectivity index (χ2n) is 8.43. The fraction of sp³-hybridized carbons (Fsp3) is 0.391. The molecule has 2 saturated heterocycles. The second-order valence-corrected chi connectivity index (χ2v) is 8.86. The Labute approximate surface area is 185 Å². The number of fused-ring (bicyclic) bond motifs is 1. The lowest BCUT2D eigenvalue weighted by molar-refractivity contribution is -0.0783. The molecule has 8 heteroatoms. The number of piperazine rings is 2. The Morgan fingerprint density at radius 1 is 1.06 bits per heavy atom. The molecule has 2 aromatic rings. The molecule has 2 aromatic carbocycles. The third kappa shape index (κ3) is 4.18. The van der Waals surface area contributed by atoms with Gasteiger partial charge in [0.25, 0.3) is 11.8 Å². The van der Waals surface area contributed by atoms with Gasteiger partial charge in [-0.3, -0.25) is 14.5 Å². The number of hydrogen-bond acceptors (Lipinski definition) is 4. The van der Waals surface area contributed by atoms with Gasteiger partial charge in [0.05, 0.1) is 17.7 Å². The van der Waals surface area contributed by atoms with Gasteiger partial charge in [0, 0.05) is 49.4 Å². The summed E-state index contributed by atoms with van der Waals surface area (Å²) in [5.41, 5.74) is -0.0583. The molecule has 0 spiro atoms. The number of carbonyl (C=O) groups is 2. The summed E-state index contributed by atoms with van der Waals surface area (Å²) in [6, 6.07) is 12.5. The molecule has 164 valence electrons. The number of hydrogen-bond donors (Lipinski definition) is 1. The van der Waals surface area contributed by atoms with Crippen LogP contribution in [0, 0.1) is 5.82 Å². The molecular formula is C23H25ClFN3O3. The number of carbonyl (C=O) groups excluding carboxylic acids is 2. The van der Waals surface area contributed by atoms with Crippen LogP contribution in [0.2, 0.25) is 5.02 Å². The van der Waals surface area contributed by atoms with Crippen LogP contribution in [0.3, 0.4) is 0 Å². The number of aliphatic hydroxyl groups is 1. The maximum absolute atomic E-state index is 14.1. The number of benzene rings is 2. The van der Waals surface area contributed by atoms with Crippen LogP contribution in [0.5, 0.6) is 0 Å². The van der Waals surface area contributed by atoms with Crippen molar-refractivity contribution in [3.8, 4) is 0 Å². The molecule has 0 saturated carbocycles. The van der Waals surface area contributed by atoms with E-state index in [-0.39, 0.29) is 30.0 Å². The van der Waals surface area contributed by atoms with Crippen LogP contribution in [0.25, 0.3) is 0 Å². The molecule has 6 nitrogen and oxygen atoms in total. The van der Waals surface area contributed by atoms with Crippen LogP contribution in [-0.4, -0.2) is 82.5 Å². The quantitative estimate of drug-likeness (QED) is 0.788. The highest BCUT2D eigenvalue weighted by Crippen LogP contribution is 2.30. The Hall–Kier alpha value is -2.48. The third-order valence-corrected chi connectivity index (χ3v) is 6.50. The molecule has 0 radical (unpaired) electrons. The number of rotatable bonds is 3. The standard InChI is InChI=1S/C23H25ClFN3O3/c1-23(15-29)14-27(21(30)16-6-8-17(24)9-7-16)13-18-12-26(10-11-28(18)23)22(31)19-4-2-3-5-20(19)25/h2-9,18,29H,10-15H2,1H3/t18-,23-/m0/s1. The summed E-state index contributed by atoms with van der Waals surface area (Å²) < 4.78 is 14.1. The smallest absolute Gasteiger partial charge is 0.256 e. The Bertz CT molecular complexity index is 986. The molecule has 4 rings (SSSR count). The minimum absolute atomic E-state index is 0.0470. The predicted molar refractivity (Wildman–Crippen MR) is 116 cm³/mol. The van der Waals surface area contributed by atoms with E-state index in [1.807, 2.05) is 6.92 Å². The van der Waals surface area contributed by atoms with Gasteiger partial charge in [0.2, 0.25) is 0 Å². The van der Waals surface area contributed by atoms with E-state index >= 15 is 0 Å². The van der Waals surface area contributed by atoms with Gasteiger partial charge in [0.15, 0.2) is 0 Å². The van der Waals surface area contributed by atoms with E-state index in [1.54, 1.807) is 46.2 Å². The molecule has 0 bridgehead atoms. The SMILES string of the molecule is C[C@@]1(CO)CN(C(=O)c2ccc(Cl)cc2)C[C@@H]2CN(C(=O)c3ccccc3F)CCN21. The predicted octanol–water partition coefficient (Wildman–Crippen LogP) is 2.51. The summed E-state index contributed by atoms with van der Waals surface area (Å²) in [5, 5.41) is 10.7. The largest absolute Gasteiger partial charge is 0.394 e. The fourth-order valence-electron chi connectivity index (χ4n) is 4.60. The minimum Gasteiger partial charge on any atom is -0.394 e. The van der Waals surface area contributed by atoms with Gasteiger partial charge in [-0.15, -0.1) is 0 Å². The van der Waals surface area contributed by atoms with Gasteiger partial charge in [-0.1, -0.05) is 23.7 Å². The summed E-state index contributed by atoms with van der Waals surface area (Å²) in [5.74, 6) is -1.04. The van der Waals surface area contributed by atoms with Crippen LogP contribution in [-0.2, 0) is 0 Å². The Morgan fingerprint density at radius 2 is 1.74 bits per heavy atom. The number of nitrogens with zero attached hydrogens (tertiary/aromatic N) is 3. The molecule has 0 aromatic heterocycles. The van der Waals surface area contributed by atoms with Gasteiger partial charge in [-0.2, -0.15) is 0 Å². The van der Waals surface area contributed by atoms with Gasteiger partial charge in [-0.25, -0.2) is 4.39 Å². The molecule has 0 unspecified atom stereocenters. The Morgan fingerprint density at radius 3 is 2.42 bits per heavy atom. The number of halogens is 2. The van der Waals surface area contributed by atoms with E-state index in [2.05, 4.69) is 4.90 Å². The first kappa shape index (κ1) is 21.7. The lowest BCUT2D eigenvalue weighted by atomic mass is 9.91. The fourth-order valence-corrected chi connectivity index (χ4v) is 4.73. The zero-order chi connectivity index (χ0) is 22.2. The molecule has 2 fully saturated rings. The number of amides is 2. The highest BCUT2D eigenvalue weighted by Gasteiger charge is 2.47. The normalized spacial score (nSPS) is 24.1. The van der Waals surface area contributed by atoms with Gasteiger partial charge in [-0.05, 0) is 43.3 Å². The summed E-state index contributed by atoms with van der Waals surface area (Å²) in [7, 11) is 0. The Kier molecular flexibility index (Phi) is 6.01. The van der Waals surface area contributed by atoms with Crippen LogP contribution >= 0.6 is 11.6 Å². The first-order chi connectivity index (χ1) is 14.8. The van der Waals surface area contributed by atoms with Crippen molar-refractivity contribution in [2.75, 3.05) is 39.3 Å². The minimum atomic E-state index is -0.627. The van der Waals surface area contributed by atoms with E-state index < -0.39 is 11.4 Å². The highest BCUT2D eigenvalue weighted by molar-refractivity contribution is 6.30. The molecule has 2 aliphatic rings. The summed E-state index contributed by atoms with van der Waals surface area (Å²) >= 11 is 5.94. The maximum Gasteiger partial charge on any atom is 0.256 e. The summed E-state index contributed by atoms with van der Waals surface area (Å²) in [6.45, 7) is 3.94. The zero-order valence-electron chi connectivity index (χ0n) is 17.3. The highest BCUT2D eigenvalue weighted by atomic mass is 35.5. The van der Waals surface area contributed by atoms with Crippen molar-refractivity contribution in [3.63, 3.8) is 0 Å². The maximum atomic E-state index is 14.1. The lowest BCUT2D eigenvalue weighted by Gasteiger charge is -2.56. The molecule has 2 heterocycles. The second kappa shape index (κ2) is 8.57. The lowest BCUT2D eigenvalue weighted by Crippen LogP contribution is -2.72.